The monoisotopic (exact) mass is 475 g/mol. The first kappa shape index (κ1) is 31.5. The molecule has 2 unspecified atom stereocenters. The number of alkyl halides is 1. The van der Waals surface area contributed by atoms with Gasteiger partial charge in [0.1, 0.15) is 11.4 Å². The number of carbonyl (C=O) groups is 1. The van der Waals surface area contributed by atoms with Crippen LogP contribution in [0.5, 0.6) is 5.75 Å². The van der Waals surface area contributed by atoms with Gasteiger partial charge in [0.15, 0.2) is 0 Å². The summed E-state index contributed by atoms with van der Waals surface area (Å²) in [7, 11) is 0. The van der Waals surface area contributed by atoms with Crippen LogP contribution in [0.2, 0.25) is 0 Å². The Balaban J connectivity index is 0.000000486. The van der Waals surface area contributed by atoms with Crippen molar-refractivity contribution < 1.29 is 13.9 Å². The van der Waals surface area contributed by atoms with Gasteiger partial charge in [-0.3, -0.25) is 9.78 Å². The number of rotatable bonds is 9. The van der Waals surface area contributed by atoms with E-state index < -0.39 is 5.67 Å². The van der Waals surface area contributed by atoms with E-state index in [0.29, 0.717) is 13.0 Å². The standard InChI is InChI=1S/C11H14FNO.C10H15N.C6H14.CH3NO/c1-8-3-4-10(6-13-8)14-7-9-5-11(9,2)12;1-3-11-8-10-6-4-9(2)5-7-10;1-3-5-6-4-2;2-1-3/h3-4,6,9H,5,7H2,1-2H3;4-7,11H,3,8H2,1-2H3;3-6H2,1-2H3;1H,(H2,2,3). The Morgan fingerprint density at radius 3 is 2.09 bits per heavy atom. The molecule has 3 N–H and O–H groups in total. The number of pyridine rings is 1. The summed E-state index contributed by atoms with van der Waals surface area (Å²) in [6.45, 7) is 14.7. The molecule has 192 valence electrons. The molecule has 0 radical (unpaired) electrons. The number of benzene rings is 1. The highest BCUT2D eigenvalue weighted by Gasteiger charge is 2.51. The minimum atomic E-state index is -1.00. The highest BCUT2D eigenvalue weighted by atomic mass is 19.1. The van der Waals surface area contributed by atoms with E-state index in [-0.39, 0.29) is 12.3 Å². The number of aromatic nitrogens is 1. The van der Waals surface area contributed by atoms with Gasteiger partial charge in [-0.05, 0) is 51.4 Å². The maximum atomic E-state index is 13.1. The van der Waals surface area contributed by atoms with Crippen LogP contribution in [-0.2, 0) is 11.3 Å². The number of nitrogens with zero attached hydrogens (tertiary/aromatic N) is 1. The molecule has 0 bridgehead atoms. The number of hydrogen-bond donors (Lipinski definition) is 2. The van der Waals surface area contributed by atoms with Crippen molar-refractivity contribution in [2.75, 3.05) is 13.2 Å². The summed E-state index contributed by atoms with van der Waals surface area (Å²) in [4.78, 5) is 12.7. The predicted molar refractivity (Wildman–Crippen MR) is 141 cm³/mol. The molecule has 2 aromatic rings. The Hall–Kier alpha value is -2.47. The van der Waals surface area contributed by atoms with Gasteiger partial charge in [-0.25, -0.2) is 4.39 Å². The van der Waals surface area contributed by atoms with Crippen molar-refractivity contribution in [2.24, 2.45) is 11.7 Å². The smallest absolute Gasteiger partial charge is 0.204 e. The second-order valence-electron chi connectivity index (χ2n) is 8.73. The average molecular weight is 476 g/mol. The first-order valence-electron chi connectivity index (χ1n) is 12.4. The Morgan fingerprint density at radius 1 is 1.12 bits per heavy atom. The number of nitrogens with two attached hydrogens (primary N) is 1. The third-order valence-corrected chi connectivity index (χ3v) is 5.33. The lowest BCUT2D eigenvalue weighted by molar-refractivity contribution is -0.106. The molecule has 1 amide bonds. The number of carbonyl (C=O) groups excluding carboxylic acids is 1. The normalized spacial score (nSPS) is 17.6. The van der Waals surface area contributed by atoms with Crippen molar-refractivity contribution in [3.05, 3.63) is 59.4 Å². The molecule has 1 saturated carbocycles. The van der Waals surface area contributed by atoms with E-state index in [4.69, 9.17) is 9.53 Å². The number of amides is 1. The molecule has 5 nitrogen and oxygen atoms in total. The summed E-state index contributed by atoms with van der Waals surface area (Å²) in [5.41, 5.74) is 6.81. The fourth-order valence-corrected chi connectivity index (χ4v) is 2.87. The van der Waals surface area contributed by atoms with E-state index in [1.807, 2.05) is 19.1 Å². The zero-order valence-electron chi connectivity index (χ0n) is 22.1. The van der Waals surface area contributed by atoms with E-state index in [2.05, 4.69) is 68.0 Å². The lowest BCUT2D eigenvalue weighted by Crippen LogP contribution is -2.11. The molecule has 1 aromatic carbocycles. The number of halogens is 1. The molecule has 1 aliphatic rings. The molecule has 3 rings (SSSR count). The summed E-state index contributed by atoms with van der Waals surface area (Å²) in [6, 6.07) is 12.4. The van der Waals surface area contributed by atoms with Crippen LogP contribution in [0.15, 0.2) is 42.6 Å². The highest BCUT2D eigenvalue weighted by molar-refractivity contribution is 5.42. The number of primary amides is 1. The molecule has 34 heavy (non-hydrogen) atoms. The van der Waals surface area contributed by atoms with Gasteiger partial charge in [-0.1, -0.05) is 76.3 Å². The molecular formula is C28H46FN3O2. The molecule has 1 heterocycles. The summed E-state index contributed by atoms with van der Waals surface area (Å²) in [5, 5.41) is 3.28. The maximum Gasteiger partial charge on any atom is 0.204 e. The molecule has 2 atom stereocenters. The Morgan fingerprint density at radius 2 is 1.68 bits per heavy atom. The van der Waals surface area contributed by atoms with Gasteiger partial charge in [-0.15, -0.1) is 0 Å². The SMILES string of the molecule is CCCCCC.CCNCc1ccc(C)cc1.Cc1ccc(OCC2CC2(C)F)cn1.NC=O. The Bertz CT molecular complexity index is 745. The Labute approximate surface area is 206 Å². The molecule has 1 fully saturated rings. The van der Waals surface area contributed by atoms with Crippen LogP contribution >= 0.6 is 0 Å². The van der Waals surface area contributed by atoms with Gasteiger partial charge in [0.2, 0.25) is 6.41 Å². The first-order chi connectivity index (χ1) is 16.2. The third-order valence-electron chi connectivity index (χ3n) is 5.33. The average Bonchev–Trinajstić information content (AvgIpc) is 3.44. The van der Waals surface area contributed by atoms with Crippen LogP contribution in [0.25, 0.3) is 0 Å². The zero-order chi connectivity index (χ0) is 25.8. The van der Waals surface area contributed by atoms with Crippen LogP contribution in [-0.4, -0.2) is 30.2 Å². The van der Waals surface area contributed by atoms with Crippen LogP contribution in [0, 0.1) is 19.8 Å². The molecule has 0 saturated heterocycles. The number of aryl methyl sites for hydroxylation is 2. The number of ether oxygens (including phenoxy) is 1. The molecule has 6 heteroatoms. The second-order valence-corrected chi connectivity index (χ2v) is 8.73. The van der Waals surface area contributed by atoms with Crippen molar-refractivity contribution in [2.45, 2.75) is 85.9 Å². The van der Waals surface area contributed by atoms with Crippen LogP contribution < -0.4 is 15.8 Å². The van der Waals surface area contributed by atoms with Crippen LogP contribution in [0.4, 0.5) is 4.39 Å². The predicted octanol–water partition coefficient (Wildman–Crippen LogP) is 6.31. The van der Waals surface area contributed by atoms with Gasteiger partial charge >= 0.3 is 0 Å². The van der Waals surface area contributed by atoms with Crippen LogP contribution in [0.1, 0.15) is 76.6 Å². The summed E-state index contributed by atoms with van der Waals surface area (Å²) >= 11 is 0. The summed E-state index contributed by atoms with van der Waals surface area (Å²) in [6.07, 6.45) is 8.08. The summed E-state index contributed by atoms with van der Waals surface area (Å²) < 4.78 is 18.6. The van der Waals surface area contributed by atoms with Gasteiger partial charge in [0.05, 0.1) is 12.8 Å². The first-order valence-corrected chi connectivity index (χ1v) is 12.4. The quantitative estimate of drug-likeness (QED) is 0.329. The number of hydrogen-bond acceptors (Lipinski definition) is 4. The largest absolute Gasteiger partial charge is 0.492 e. The van der Waals surface area contributed by atoms with E-state index in [0.717, 1.165) is 24.5 Å². The lowest BCUT2D eigenvalue weighted by Gasteiger charge is -2.05. The van der Waals surface area contributed by atoms with Gasteiger partial charge in [-0.2, -0.15) is 0 Å². The van der Waals surface area contributed by atoms with E-state index in [9.17, 15) is 4.39 Å². The van der Waals surface area contributed by atoms with E-state index in [1.165, 1.54) is 36.8 Å². The van der Waals surface area contributed by atoms with Crippen molar-refractivity contribution in [1.29, 1.82) is 0 Å². The van der Waals surface area contributed by atoms with E-state index >= 15 is 0 Å². The molecule has 0 aliphatic heterocycles. The minimum absolute atomic E-state index is 0.0591. The molecule has 1 aliphatic carbocycles. The van der Waals surface area contributed by atoms with Gasteiger partial charge < -0.3 is 15.8 Å². The van der Waals surface area contributed by atoms with Crippen molar-refractivity contribution in [3.63, 3.8) is 0 Å². The fourth-order valence-electron chi connectivity index (χ4n) is 2.87. The van der Waals surface area contributed by atoms with Crippen molar-refractivity contribution in [1.82, 2.24) is 10.3 Å². The van der Waals surface area contributed by atoms with Crippen LogP contribution in [0.3, 0.4) is 0 Å². The van der Waals surface area contributed by atoms with Crippen molar-refractivity contribution >= 4 is 6.41 Å². The maximum absolute atomic E-state index is 13.1. The molecular weight excluding hydrogens is 429 g/mol. The fraction of sp³-hybridized carbons (Fsp3) is 0.571. The highest BCUT2D eigenvalue weighted by Crippen LogP contribution is 2.46. The Kier molecular flexibility index (Phi) is 17.5. The third kappa shape index (κ3) is 16.2. The zero-order valence-corrected chi connectivity index (χ0v) is 22.1. The lowest BCUT2D eigenvalue weighted by atomic mass is 10.1. The number of unbranched alkanes of at least 4 members (excludes halogenated alkanes) is 3. The topological polar surface area (TPSA) is 77.2 Å². The second kappa shape index (κ2) is 18.9. The molecule has 1 aromatic heterocycles. The number of nitrogens with one attached hydrogen (secondary N) is 1. The van der Waals surface area contributed by atoms with Gasteiger partial charge in [0, 0.05) is 18.2 Å². The summed E-state index contributed by atoms with van der Waals surface area (Å²) in [5.74, 6) is 0.780. The van der Waals surface area contributed by atoms with E-state index in [1.54, 1.807) is 13.1 Å². The molecule has 0 spiro atoms. The van der Waals surface area contributed by atoms with Crippen molar-refractivity contribution in [3.8, 4) is 5.75 Å². The minimum Gasteiger partial charge on any atom is -0.492 e. The van der Waals surface area contributed by atoms with Gasteiger partial charge in [0.25, 0.3) is 0 Å².